The molecule has 0 radical (unpaired) electrons. The predicted octanol–water partition coefficient (Wildman–Crippen LogP) is 5.33. The molecule has 0 atom stereocenters. The summed E-state index contributed by atoms with van der Waals surface area (Å²) < 4.78 is 5.60. The first kappa shape index (κ1) is 19.6. The van der Waals surface area contributed by atoms with Gasteiger partial charge in [0, 0.05) is 35.3 Å². The van der Waals surface area contributed by atoms with Gasteiger partial charge in [-0.3, -0.25) is 0 Å². The maximum Gasteiger partial charge on any atom is 0.347 e. The van der Waals surface area contributed by atoms with E-state index in [4.69, 9.17) is 9.40 Å². The van der Waals surface area contributed by atoms with Gasteiger partial charge >= 0.3 is 5.63 Å². The number of fused-ring (bicyclic) bond motifs is 1. The number of benzene rings is 3. The molecule has 1 N–H and O–H groups in total. The van der Waals surface area contributed by atoms with E-state index in [9.17, 15) is 4.79 Å². The summed E-state index contributed by atoms with van der Waals surface area (Å²) in [5, 5.41) is 3.83. The van der Waals surface area contributed by atoms with Gasteiger partial charge < -0.3 is 9.73 Å². The Balaban J connectivity index is 1.74. The zero-order valence-electron chi connectivity index (χ0n) is 17.7. The van der Waals surface area contributed by atoms with Crippen LogP contribution in [0.5, 0.6) is 0 Å². The molecule has 0 aliphatic carbocycles. The van der Waals surface area contributed by atoms with Gasteiger partial charge in [0.1, 0.15) is 11.1 Å². The van der Waals surface area contributed by atoms with E-state index in [-0.39, 0.29) is 5.82 Å². The second-order valence-corrected chi connectivity index (χ2v) is 7.49. The van der Waals surface area contributed by atoms with Crippen LogP contribution in [-0.2, 0) is 0 Å². The van der Waals surface area contributed by atoms with Crippen molar-refractivity contribution in [2.45, 2.75) is 6.92 Å². The molecule has 0 bridgehead atoms. The number of hydrogen-bond acceptors (Lipinski definition) is 6. The fourth-order valence-corrected chi connectivity index (χ4v) is 3.55. The van der Waals surface area contributed by atoms with Crippen molar-refractivity contribution in [3.8, 4) is 34.2 Å². The molecule has 2 heterocycles. The summed E-state index contributed by atoms with van der Waals surface area (Å²) in [4.78, 5) is 26.9. The Kier molecular flexibility index (Phi) is 4.95. The van der Waals surface area contributed by atoms with Crippen molar-refractivity contribution in [1.29, 1.82) is 0 Å². The van der Waals surface area contributed by atoms with E-state index < -0.39 is 5.63 Å². The summed E-state index contributed by atoms with van der Waals surface area (Å²) in [6, 6.07) is 25.0. The van der Waals surface area contributed by atoms with Crippen molar-refractivity contribution in [2.24, 2.45) is 0 Å². The number of nitrogens with zero attached hydrogens (tertiary/aromatic N) is 3. The molecule has 0 spiro atoms. The van der Waals surface area contributed by atoms with Crippen molar-refractivity contribution < 1.29 is 4.42 Å². The summed E-state index contributed by atoms with van der Waals surface area (Å²) in [5.41, 5.74) is 3.96. The monoisotopic (exact) mass is 420 g/mol. The van der Waals surface area contributed by atoms with Crippen LogP contribution in [0.3, 0.4) is 0 Å². The zero-order valence-corrected chi connectivity index (χ0v) is 17.7. The number of aromatic nitrogens is 3. The molecule has 0 aliphatic heterocycles. The zero-order chi connectivity index (χ0) is 22.1. The quantitative estimate of drug-likeness (QED) is 0.396. The van der Waals surface area contributed by atoms with Crippen molar-refractivity contribution in [3.63, 3.8) is 0 Å². The lowest BCUT2D eigenvalue weighted by atomic mass is 10.1. The van der Waals surface area contributed by atoms with Gasteiger partial charge in [0.05, 0.1) is 0 Å². The fourth-order valence-electron chi connectivity index (χ4n) is 3.55. The normalized spacial score (nSPS) is 10.9. The molecule has 0 saturated heterocycles. The highest BCUT2D eigenvalue weighted by molar-refractivity contribution is 5.83. The van der Waals surface area contributed by atoms with Crippen molar-refractivity contribution >= 4 is 16.7 Å². The smallest absolute Gasteiger partial charge is 0.347 e. The summed E-state index contributed by atoms with van der Waals surface area (Å²) in [7, 11) is 1.82. The van der Waals surface area contributed by atoms with Crippen LogP contribution < -0.4 is 10.9 Å². The molecule has 6 heteroatoms. The topological polar surface area (TPSA) is 80.9 Å². The molecule has 156 valence electrons. The lowest BCUT2D eigenvalue weighted by Crippen LogP contribution is -2.08. The number of hydrogen-bond donors (Lipinski definition) is 1. The van der Waals surface area contributed by atoms with Crippen LogP contribution in [0.15, 0.2) is 88.1 Å². The van der Waals surface area contributed by atoms with Crippen molar-refractivity contribution in [1.82, 2.24) is 15.0 Å². The second-order valence-electron chi connectivity index (χ2n) is 7.49. The lowest BCUT2D eigenvalue weighted by Gasteiger charge is -2.09. The Labute approximate surface area is 184 Å². The molecular formula is C26H20N4O2. The largest absolute Gasteiger partial charge is 0.422 e. The van der Waals surface area contributed by atoms with Gasteiger partial charge in [-0.25, -0.2) is 19.7 Å². The van der Waals surface area contributed by atoms with Crippen molar-refractivity contribution in [3.05, 3.63) is 94.8 Å². The molecule has 2 aromatic heterocycles. The lowest BCUT2D eigenvalue weighted by molar-refractivity contribution is 0.563. The first-order valence-corrected chi connectivity index (χ1v) is 10.3. The molecule has 0 amide bonds. The predicted molar refractivity (Wildman–Crippen MR) is 126 cm³/mol. The second kappa shape index (κ2) is 8.07. The standard InChI is InChI=1S/C26H20N4O2/c1-16-7-6-10-19(13-16)24-28-23(17-8-4-3-5-9-17)29-25(30-24)21-14-18-11-12-20(27-2)15-22(18)32-26(21)31/h3-15,27H,1-2H3. The van der Waals surface area contributed by atoms with E-state index in [0.29, 0.717) is 22.8 Å². The van der Waals surface area contributed by atoms with Gasteiger partial charge in [-0.15, -0.1) is 0 Å². The first-order chi connectivity index (χ1) is 15.6. The highest BCUT2D eigenvalue weighted by atomic mass is 16.4. The third-order valence-corrected chi connectivity index (χ3v) is 5.21. The van der Waals surface area contributed by atoms with Gasteiger partial charge in [0.15, 0.2) is 17.5 Å². The molecular weight excluding hydrogens is 400 g/mol. The van der Waals surface area contributed by atoms with E-state index in [1.165, 1.54) is 0 Å². The summed E-state index contributed by atoms with van der Waals surface area (Å²) in [6.45, 7) is 2.01. The number of nitrogens with one attached hydrogen (secondary N) is 1. The molecule has 6 nitrogen and oxygen atoms in total. The minimum absolute atomic E-state index is 0.281. The third kappa shape index (κ3) is 3.74. The van der Waals surface area contributed by atoms with Crippen LogP contribution in [0, 0.1) is 6.92 Å². The van der Waals surface area contributed by atoms with Crippen LogP contribution in [-0.4, -0.2) is 22.0 Å². The molecule has 5 rings (SSSR count). The van der Waals surface area contributed by atoms with Gasteiger partial charge in [0.25, 0.3) is 0 Å². The average molecular weight is 420 g/mol. The molecule has 0 saturated carbocycles. The van der Waals surface area contributed by atoms with Gasteiger partial charge in [-0.1, -0.05) is 54.1 Å². The Morgan fingerprint density at radius 3 is 2.22 bits per heavy atom. The minimum Gasteiger partial charge on any atom is -0.422 e. The SMILES string of the molecule is CNc1ccc2cc(-c3nc(-c4ccccc4)nc(-c4cccc(C)c4)n3)c(=O)oc2c1. The van der Waals surface area contributed by atoms with Crippen LogP contribution >= 0.6 is 0 Å². The van der Waals surface area contributed by atoms with E-state index in [2.05, 4.69) is 15.3 Å². The van der Waals surface area contributed by atoms with Crippen LogP contribution in [0.1, 0.15) is 5.56 Å². The van der Waals surface area contributed by atoms with E-state index in [0.717, 1.165) is 27.8 Å². The molecule has 0 unspecified atom stereocenters. The van der Waals surface area contributed by atoms with Crippen molar-refractivity contribution in [2.75, 3.05) is 12.4 Å². The van der Waals surface area contributed by atoms with Gasteiger partial charge in [0.2, 0.25) is 0 Å². The van der Waals surface area contributed by atoms with Gasteiger partial charge in [-0.05, 0) is 31.2 Å². The average Bonchev–Trinajstić information content (AvgIpc) is 2.83. The van der Waals surface area contributed by atoms with Gasteiger partial charge in [-0.2, -0.15) is 0 Å². The Morgan fingerprint density at radius 2 is 1.47 bits per heavy atom. The molecule has 32 heavy (non-hydrogen) atoms. The Hall–Kier alpha value is -4.32. The fraction of sp³-hybridized carbons (Fsp3) is 0.0769. The first-order valence-electron chi connectivity index (χ1n) is 10.3. The maximum atomic E-state index is 12.9. The summed E-state index contributed by atoms with van der Waals surface area (Å²) in [5.74, 6) is 1.28. The molecule has 3 aromatic carbocycles. The third-order valence-electron chi connectivity index (χ3n) is 5.21. The van der Waals surface area contributed by atoms with Crippen LogP contribution in [0.2, 0.25) is 0 Å². The molecule has 0 aliphatic rings. The number of rotatable bonds is 4. The Bertz CT molecular complexity index is 1490. The van der Waals surface area contributed by atoms with E-state index in [1.807, 2.05) is 80.7 Å². The highest BCUT2D eigenvalue weighted by Gasteiger charge is 2.16. The number of aryl methyl sites for hydroxylation is 1. The molecule has 0 fully saturated rings. The molecule has 5 aromatic rings. The summed E-state index contributed by atoms with van der Waals surface area (Å²) in [6.07, 6.45) is 0. The maximum absolute atomic E-state index is 12.9. The minimum atomic E-state index is -0.494. The van der Waals surface area contributed by atoms with Crippen LogP contribution in [0.25, 0.3) is 45.1 Å². The summed E-state index contributed by atoms with van der Waals surface area (Å²) >= 11 is 0. The number of anilines is 1. The van der Waals surface area contributed by atoms with E-state index in [1.54, 1.807) is 12.1 Å². The Morgan fingerprint density at radius 1 is 0.750 bits per heavy atom. The highest BCUT2D eigenvalue weighted by Crippen LogP contribution is 2.26. The van der Waals surface area contributed by atoms with Crippen LogP contribution in [0.4, 0.5) is 5.69 Å². The van der Waals surface area contributed by atoms with E-state index >= 15 is 0 Å².